The third-order valence-corrected chi connectivity index (χ3v) is 3.39. The predicted molar refractivity (Wildman–Crippen MR) is 64.7 cm³/mol. The molecule has 0 atom stereocenters. The first kappa shape index (κ1) is 12.9. The second kappa shape index (κ2) is 5.77. The molecule has 0 aliphatic heterocycles. The Bertz CT molecular complexity index is 387. The average molecular weight is 240 g/mol. The summed E-state index contributed by atoms with van der Waals surface area (Å²) < 4.78 is 0. The zero-order valence-electron chi connectivity index (χ0n) is 9.53. The molecule has 0 unspecified atom stereocenters. The van der Waals surface area contributed by atoms with Gasteiger partial charge in [0.2, 0.25) is 5.91 Å². The van der Waals surface area contributed by atoms with Crippen LogP contribution in [0.15, 0.2) is 12.1 Å². The maximum absolute atomic E-state index is 11.8. The topological polar surface area (TPSA) is 63.4 Å². The van der Waals surface area contributed by atoms with E-state index in [1.807, 2.05) is 12.1 Å². The van der Waals surface area contributed by atoms with E-state index < -0.39 is 5.91 Å². The monoisotopic (exact) mass is 240 g/mol. The van der Waals surface area contributed by atoms with Crippen molar-refractivity contribution in [2.75, 3.05) is 20.1 Å². The Labute approximate surface area is 99.0 Å². The molecule has 16 heavy (non-hydrogen) atoms. The van der Waals surface area contributed by atoms with Gasteiger partial charge in [0, 0.05) is 4.88 Å². The SMILES string of the molecule is CCc1ccc(C(=O)CN(C)CC(N)=O)s1. The third kappa shape index (κ3) is 3.75. The number of Topliss-reactive ketones (excluding diaryl/α,β-unsaturated/α-hetero) is 1. The van der Waals surface area contributed by atoms with Crippen LogP contribution < -0.4 is 5.73 Å². The Balaban J connectivity index is 2.54. The standard InChI is InChI=1S/C11H16N2O2S/c1-3-8-4-5-10(16-8)9(14)6-13(2)7-11(12)15/h4-5H,3,6-7H2,1-2H3,(H2,12,15). The number of likely N-dealkylation sites (N-methyl/N-ethyl adjacent to an activating group) is 1. The van der Waals surface area contributed by atoms with Crippen LogP contribution in [0.4, 0.5) is 0 Å². The van der Waals surface area contributed by atoms with Crippen molar-refractivity contribution in [3.63, 3.8) is 0 Å². The number of carbonyl (C=O) groups is 2. The Hall–Kier alpha value is -1.20. The molecule has 0 aliphatic carbocycles. The molecule has 0 aliphatic rings. The summed E-state index contributed by atoms with van der Waals surface area (Å²) in [6.45, 7) is 2.39. The summed E-state index contributed by atoms with van der Waals surface area (Å²) in [5.41, 5.74) is 5.04. The molecule has 88 valence electrons. The van der Waals surface area contributed by atoms with Crippen LogP contribution in [0.5, 0.6) is 0 Å². The van der Waals surface area contributed by atoms with Crippen LogP contribution in [0.1, 0.15) is 21.5 Å². The molecule has 5 heteroatoms. The summed E-state index contributed by atoms with van der Waals surface area (Å²) in [6.07, 6.45) is 0.940. The van der Waals surface area contributed by atoms with Crippen molar-refractivity contribution in [1.82, 2.24) is 4.90 Å². The van der Waals surface area contributed by atoms with Crippen LogP contribution in [0.25, 0.3) is 0 Å². The fraction of sp³-hybridized carbons (Fsp3) is 0.455. The molecule has 1 aromatic heterocycles. The highest BCUT2D eigenvalue weighted by molar-refractivity contribution is 7.14. The van der Waals surface area contributed by atoms with E-state index in [2.05, 4.69) is 6.92 Å². The molecule has 1 heterocycles. The number of ketones is 1. The van der Waals surface area contributed by atoms with E-state index in [1.165, 1.54) is 16.2 Å². The number of hydrogen-bond donors (Lipinski definition) is 1. The quantitative estimate of drug-likeness (QED) is 0.752. The molecular weight excluding hydrogens is 224 g/mol. The van der Waals surface area contributed by atoms with Gasteiger partial charge in [-0.15, -0.1) is 11.3 Å². The van der Waals surface area contributed by atoms with Gasteiger partial charge < -0.3 is 5.73 Å². The zero-order chi connectivity index (χ0) is 12.1. The van der Waals surface area contributed by atoms with Crippen molar-refractivity contribution < 1.29 is 9.59 Å². The number of thiophene rings is 1. The van der Waals surface area contributed by atoms with Gasteiger partial charge in [0.05, 0.1) is 18.0 Å². The summed E-state index contributed by atoms with van der Waals surface area (Å²) in [5, 5.41) is 0. The summed E-state index contributed by atoms with van der Waals surface area (Å²) in [7, 11) is 1.71. The van der Waals surface area contributed by atoms with E-state index in [-0.39, 0.29) is 18.9 Å². The van der Waals surface area contributed by atoms with Crippen molar-refractivity contribution in [3.05, 3.63) is 21.9 Å². The van der Waals surface area contributed by atoms with Crippen LogP contribution in [-0.2, 0) is 11.2 Å². The minimum absolute atomic E-state index is 0.0356. The van der Waals surface area contributed by atoms with Crippen molar-refractivity contribution in [3.8, 4) is 0 Å². The largest absolute Gasteiger partial charge is 0.369 e. The van der Waals surface area contributed by atoms with Gasteiger partial charge in [0.25, 0.3) is 0 Å². The lowest BCUT2D eigenvalue weighted by Crippen LogP contribution is -2.34. The number of aryl methyl sites for hydroxylation is 1. The maximum Gasteiger partial charge on any atom is 0.231 e. The molecule has 0 fully saturated rings. The van der Waals surface area contributed by atoms with Gasteiger partial charge in [0.1, 0.15) is 0 Å². The lowest BCUT2D eigenvalue weighted by molar-refractivity contribution is -0.118. The van der Waals surface area contributed by atoms with Gasteiger partial charge >= 0.3 is 0 Å². The summed E-state index contributed by atoms with van der Waals surface area (Å²) in [6, 6.07) is 3.80. The van der Waals surface area contributed by atoms with Crippen molar-refractivity contribution in [2.45, 2.75) is 13.3 Å². The number of rotatable bonds is 6. The average Bonchev–Trinajstić information content (AvgIpc) is 2.64. The second-order valence-corrected chi connectivity index (χ2v) is 4.85. The highest BCUT2D eigenvalue weighted by atomic mass is 32.1. The van der Waals surface area contributed by atoms with E-state index in [4.69, 9.17) is 5.73 Å². The second-order valence-electron chi connectivity index (χ2n) is 3.68. The minimum atomic E-state index is -0.421. The van der Waals surface area contributed by atoms with Crippen LogP contribution in [0.2, 0.25) is 0 Å². The first-order chi connectivity index (χ1) is 7.52. The lowest BCUT2D eigenvalue weighted by atomic mass is 10.3. The Kier molecular flexibility index (Phi) is 4.64. The highest BCUT2D eigenvalue weighted by Gasteiger charge is 2.12. The van der Waals surface area contributed by atoms with Crippen molar-refractivity contribution in [1.29, 1.82) is 0 Å². The number of carbonyl (C=O) groups excluding carboxylic acids is 2. The van der Waals surface area contributed by atoms with E-state index in [0.29, 0.717) is 0 Å². The number of nitrogens with zero attached hydrogens (tertiary/aromatic N) is 1. The fourth-order valence-electron chi connectivity index (χ4n) is 1.36. The van der Waals surface area contributed by atoms with Gasteiger partial charge in [-0.1, -0.05) is 6.92 Å². The highest BCUT2D eigenvalue weighted by Crippen LogP contribution is 2.17. The lowest BCUT2D eigenvalue weighted by Gasteiger charge is -2.12. The summed E-state index contributed by atoms with van der Waals surface area (Å²) in [4.78, 5) is 26.0. The van der Waals surface area contributed by atoms with E-state index in [1.54, 1.807) is 11.9 Å². The van der Waals surface area contributed by atoms with E-state index in [0.717, 1.165) is 11.3 Å². The van der Waals surface area contributed by atoms with Crippen LogP contribution in [0.3, 0.4) is 0 Å². The van der Waals surface area contributed by atoms with Crippen LogP contribution in [0, 0.1) is 0 Å². The molecule has 0 aromatic carbocycles. The number of amides is 1. The van der Waals surface area contributed by atoms with Crippen molar-refractivity contribution >= 4 is 23.0 Å². The van der Waals surface area contributed by atoms with Gasteiger partial charge in [-0.3, -0.25) is 14.5 Å². The maximum atomic E-state index is 11.8. The molecule has 1 amide bonds. The Morgan fingerprint density at radius 2 is 2.06 bits per heavy atom. The molecule has 0 saturated heterocycles. The molecule has 1 rings (SSSR count). The Morgan fingerprint density at radius 1 is 1.38 bits per heavy atom. The smallest absolute Gasteiger partial charge is 0.231 e. The number of nitrogens with two attached hydrogens (primary N) is 1. The van der Waals surface area contributed by atoms with Gasteiger partial charge in [-0.25, -0.2) is 0 Å². The normalized spacial score (nSPS) is 10.7. The zero-order valence-corrected chi connectivity index (χ0v) is 10.3. The Morgan fingerprint density at radius 3 is 2.56 bits per heavy atom. The first-order valence-electron chi connectivity index (χ1n) is 5.11. The number of hydrogen-bond acceptors (Lipinski definition) is 4. The number of primary amides is 1. The molecular formula is C11H16N2O2S. The molecule has 2 N–H and O–H groups in total. The summed E-state index contributed by atoms with van der Waals surface area (Å²) >= 11 is 1.51. The molecule has 0 bridgehead atoms. The molecule has 0 spiro atoms. The van der Waals surface area contributed by atoms with Gasteiger partial charge in [-0.05, 0) is 25.6 Å². The van der Waals surface area contributed by atoms with E-state index in [9.17, 15) is 9.59 Å². The third-order valence-electron chi connectivity index (χ3n) is 2.12. The predicted octanol–water partition coefficient (Wildman–Crippen LogP) is 0.910. The molecule has 4 nitrogen and oxygen atoms in total. The van der Waals surface area contributed by atoms with Crippen LogP contribution in [-0.4, -0.2) is 36.7 Å². The van der Waals surface area contributed by atoms with Gasteiger partial charge in [-0.2, -0.15) is 0 Å². The van der Waals surface area contributed by atoms with Crippen LogP contribution >= 0.6 is 11.3 Å². The van der Waals surface area contributed by atoms with E-state index >= 15 is 0 Å². The molecule has 0 saturated carbocycles. The van der Waals surface area contributed by atoms with Crippen molar-refractivity contribution in [2.24, 2.45) is 5.73 Å². The summed E-state index contributed by atoms with van der Waals surface area (Å²) in [5.74, 6) is -0.385. The fourth-order valence-corrected chi connectivity index (χ4v) is 2.24. The molecule has 1 aromatic rings. The molecule has 0 radical (unpaired) electrons. The minimum Gasteiger partial charge on any atom is -0.369 e. The van der Waals surface area contributed by atoms with Gasteiger partial charge in [0.15, 0.2) is 5.78 Å². The first-order valence-corrected chi connectivity index (χ1v) is 5.93.